The average Bonchev–Trinajstić information content (AvgIpc) is 2.38. The molecule has 0 N–H and O–H groups in total. The van der Waals surface area contributed by atoms with Gasteiger partial charge >= 0.3 is 0 Å². The minimum absolute atomic E-state index is 0.692. The summed E-state index contributed by atoms with van der Waals surface area (Å²) in [6.45, 7) is 3.53. The molecule has 1 aromatic heterocycles. The van der Waals surface area contributed by atoms with Gasteiger partial charge in [-0.3, -0.25) is 4.98 Å². The maximum atomic E-state index is 5.69. The van der Waals surface area contributed by atoms with Crippen LogP contribution >= 0.6 is 15.9 Å². The monoisotopic (exact) mass is 304 g/mol. The van der Waals surface area contributed by atoms with Gasteiger partial charge in [0.15, 0.2) is 0 Å². The normalized spacial score (nSPS) is 14.0. The Morgan fingerprint density at radius 2 is 2.17 bits per heavy atom. The van der Waals surface area contributed by atoms with Crippen molar-refractivity contribution in [1.82, 2.24) is 4.98 Å². The van der Waals surface area contributed by atoms with Crippen LogP contribution in [0.15, 0.2) is 41.0 Å². The lowest BCUT2D eigenvalue weighted by molar-refractivity contribution is 0.314. The first kappa shape index (κ1) is 11.5. The first-order valence-corrected chi connectivity index (χ1v) is 6.66. The van der Waals surface area contributed by atoms with Crippen molar-refractivity contribution in [1.29, 1.82) is 0 Å². The minimum Gasteiger partial charge on any atom is -0.489 e. The van der Waals surface area contributed by atoms with Crippen LogP contribution in [0.5, 0.6) is 5.75 Å². The molecule has 0 saturated heterocycles. The van der Waals surface area contributed by atoms with E-state index in [9.17, 15) is 0 Å². The van der Waals surface area contributed by atoms with Crippen LogP contribution in [-0.4, -0.2) is 18.1 Å². The van der Waals surface area contributed by atoms with E-state index in [1.165, 1.54) is 0 Å². The van der Waals surface area contributed by atoms with Crippen molar-refractivity contribution in [3.8, 4) is 5.75 Å². The van der Waals surface area contributed by atoms with Gasteiger partial charge in [-0.25, -0.2) is 0 Å². The standard InChI is InChI=1S/C14H13BrN2O/c1-10-2-4-12(9-16-10)17-6-7-18-14-8-11(15)3-5-13(14)17/h2-5,8-9H,6-7H2,1H3. The van der Waals surface area contributed by atoms with E-state index in [1.54, 1.807) is 0 Å². The topological polar surface area (TPSA) is 25.4 Å². The third-order valence-corrected chi connectivity index (χ3v) is 3.49. The summed E-state index contributed by atoms with van der Waals surface area (Å²) in [7, 11) is 0. The minimum atomic E-state index is 0.692. The summed E-state index contributed by atoms with van der Waals surface area (Å²) in [5, 5.41) is 0. The van der Waals surface area contributed by atoms with Crippen molar-refractivity contribution in [3.05, 3.63) is 46.7 Å². The number of fused-ring (bicyclic) bond motifs is 1. The smallest absolute Gasteiger partial charge is 0.144 e. The second kappa shape index (κ2) is 4.61. The Morgan fingerprint density at radius 3 is 2.94 bits per heavy atom. The van der Waals surface area contributed by atoms with E-state index in [4.69, 9.17) is 4.74 Å². The third kappa shape index (κ3) is 2.08. The molecule has 4 heteroatoms. The number of pyridine rings is 1. The lowest BCUT2D eigenvalue weighted by Gasteiger charge is -2.31. The Balaban J connectivity index is 2.03. The lowest BCUT2D eigenvalue weighted by Crippen LogP contribution is -2.28. The maximum Gasteiger partial charge on any atom is 0.144 e. The van der Waals surface area contributed by atoms with Gasteiger partial charge in [-0.05, 0) is 37.3 Å². The SMILES string of the molecule is Cc1ccc(N2CCOc3cc(Br)ccc32)cn1. The molecular weight excluding hydrogens is 292 g/mol. The van der Waals surface area contributed by atoms with Gasteiger partial charge in [0, 0.05) is 10.2 Å². The molecule has 92 valence electrons. The Bertz CT molecular complexity index is 569. The van der Waals surface area contributed by atoms with Crippen LogP contribution in [-0.2, 0) is 0 Å². The van der Waals surface area contributed by atoms with Gasteiger partial charge < -0.3 is 9.64 Å². The predicted octanol–water partition coefficient (Wildman–Crippen LogP) is 3.68. The van der Waals surface area contributed by atoms with Crippen LogP contribution in [0.1, 0.15) is 5.69 Å². The summed E-state index contributed by atoms with van der Waals surface area (Å²) in [6.07, 6.45) is 1.91. The Kier molecular flexibility index (Phi) is 2.96. The molecule has 2 aromatic rings. The number of hydrogen-bond acceptors (Lipinski definition) is 3. The summed E-state index contributed by atoms with van der Waals surface area (Å²) >= 11 is 3.47. The summed E-state index contributed by atoms with van der Waals surface area (Å²) < 4.78 is 6.72. The Morgan fingerprint density at radius 1 is 1.28 bits per heavy atom. The summed E-state index contributed by atoms with van der Waals surface area (Å²) in [5.41, 5.74) is 3.23. The van der Waals surface area contributed by atoms with E-state index >= 15 is 0 Å². The fourth-order valence-electron chi connectivity index (χ4n) is 2.08. The van der Waals surface area contributed by atoms with E-state index in [0.29, 0.717) is 6.61 Å². The molecule has 18 heavy (non-hydrogen) atoms. The molecule has 1 aliphatic heterocycles. The van der Waals surface area contributed by atoms with Gasteiger partial charge in [0.05, 0.1) is 24.1 Å². The zero-order valence-electron chi connectivity index (χ0n) is 10.1. The second-order valence-electron chi connectivity index (χ2n) is 4.27. The van der Waals surface area contributed by atoms with Crippen LogP contribution in [0.25, 0.3) is 0 Å². The highest BCUT2D eigenvalue weighted by molar-refractivity contribution is 9.10. The maximum absolute atomic E-state index is 5.69. The summed E-state index contributed by atoms with van der Waals surface area (Å²) in [5.74, 6) is 0.913. The number of nitrogens with zero attached hydrogens (tertiary/aromatic N) is 2. The summed E-state index contributed by atoms with van der Waals surface area (Å²) in [4.78, 5) is 6.59. The fourth-order valence-corrected chi connectivity index (χ4v) is 2.42. The zero-order chi connectivity index (χ0) is 12.5. The quantitative estimate of drug-likeness (QED) is 0.803. The highest BCUT2D eigenvalue weighted by atomic mass is 79.9. The van der Waals surface area contributed by atoms with Crippen molar-refractivity contribution in [2.45, 2.75) is 6.92 Å². The van der Waals surface area contributed by atoms with Crippen LogP contribution < -0.4 is 9.64 Å². The first-order valence-electron chi connectivity index (χ1n) is 5.86. The molecule has 1 aliphatic rings. The molecule has 3 nitrogen and oxygen atoms in total. The average molecular weight is 305 g/mol. The third-order valence-electron chi connectivity index (χ3n) is 2.99. The van der Waals surface area contributed by atoms with Crippen LogP contribution in [0.3, 0.4) is 0 Å². The molecule has 2 heterocycles. The zero-order valence-corrected chi connectivity index (χ0v) is 11.6. The number of halogens is 1. The van der Waals surface area contributed by atoms with E-state index in [0.717, 1.165) is 33.8 Å². The van der Waals surface area contributed by atoms with Crippen molar-refractivity contribution in [2.75, 3.05) is 18.1 Å². The molecule has 0 aliphatic carbocycles. The first-order chi connectivity index (χ1) is 8.74. The van der Waals surface area contributed by atoms with Gasteiger partial charge in [-0.1, -0.05) is 15.9 Å². The van der Waals surface area contributed by atoms with Gasteiger partial charge in [-0.2, -0.15) is 0 Å². The fraction of sp³-hybridized carbons (Fsp3) is 0.214. The van der Waals surface area contributed by atoms with Crippen LogP contribution in [0.2, 0.25) is 0 Å². The van der Waals surface area contributed by atoms with Crippen molar-refractivity contribution in [3.63, 3.8) is 0 Å². The number of aryl methyl sites for hydroxylation is 1. The van der Waals surface area contributed by atoms with Gasteiger partial charge in [0.1, 0.15) is 12.4 Å². The number of anilines is 2. The van der Waals surface area contributed by atoms with Crippen LogP contribution in [0.4, 0.5) is 11.4 Å². The Labute approximate surface area is 115 Å². The molecule has 0 fully saturated rings. The number of benzene rings is 1. The van der Waals surface area contributed by atoms with Gasteiger partial charge in [-0.15, -0.1) is 0 Å². The number of rotatable bonds is 1. The molecular formula is C14H13BrN2O. The number of hydrogen-bond donors (Lipinski definition) is 0. The van der Waals surface area contributed by atoms with E-state index in [2.05, 4.69) is 37.9 Å². The molecule has 0 unspecified atom stereocenters. The highest BCUT2D eigenvalue weighted by Crippen LogP contribution is 2.37. The Hall–Kier alpha value is -1.55. The lowest BCUT2D eigenvalue weighted by atomic mass is 10.2. The number of ether oxygens (including phenoxy) is 1. The largest absolute Gasteiger partial charge is 0.489 e. The molecule has 1 aromatic carbocycles. The van der Waals surface area contributed by atoms with Crippen molar-refractivity contribution >= 4 is 27.3 Å². The van der Waals surface area contributed by atoms with E-state index in [-0.39, 0.29) is 0 Å². The molecule has 0 radical (unpaired) electrons. The van der Waals surface area contributed by atoms with Crippen molar-refractivity contribution in [2.24, 2.45) is 0 Å². The second-order valence-corrected chi connectivity index (χ2v) is 5.19. The predicted molar refractivity (Wildman–Crippen MR) is 75.6 cm³/mol. The van der Waals surface area contributed by atoms with E-state index < -0.39 is 0 Å². The molecule has 0 bridgehead atoms. The van der Waals surface area contributed by atoms with E-state index in [1.807, 2.05) is 31.3 Å². The van der Waals surface area contributed by atoms with Gasteiger partial charge in [0.25, 0.3) is 0 Å². The molecule has 0 saturated carbocycles. The molecule has 0 atom stereocenters. The molecule has 0 spiro atoms. The number of aromatic nitrogens is 1. The summed E-state index contributed by atoms with van der Waals surface area (Å²) in [6, 6.07) is 10.2. The molecule has 3 rings (SSSR count). The van der Waals surface area contributed by atoms with Gasteiger partial charge in [0.2, 0.25) is 0 Å². The highest BCUT2D eigenvalue weighted by Gasteiger charge is 2.19. The van der Waals surface area contributed by atoms with Crippen LogP contribution in [0, 0.1) is 6.92 Å². The van der Waals surface area contributed by atoms with Crippen molar-refractivity contribution < 1.29 is 4.74 Å². The molecule has 0 amide bonds.